The highest BCUT2D eigenvalue weighted by Crippen LogP contribution is 2.29. The molecule has 1 N–H and O–H groups in total. The molecule has 110 valence electrons. The van der Waals surface area contributed by atoms with Crippen LogP contribution in [-0.2, 0) is 0 Å². The summed E-state index contributed by atoms with van der Waals surface area (Å²) in [7, 11) is 0. The van der Waals surface area contributed by atoms with Gasteiger partial charge in [0.1, 0.15) is 0 Å². The predicted molar refractivity (Wildman–Crippen MR) is 91.6 cm³/mol. The monoisotopic (exact) mass is 375 g/mol. The van der Waals surface area contributed by atoms with Crippen LogP contribution in [0.5, 0.6) is 0 Å². The standard InChI is InChI=1S/C15H10BrN3O2S/c16-11-4-1-3-10(7-11)14-9-22-15(18-14)17-12-5-2-6-13(8-12)19(20)21/h1-9H,(H,17,18). The zero-order valence-corrected chi connectivity index (χ0v) is 13.6. The molecule has 2 aromatic carbocycles. The molecule has 0 saturated carbocycles. The third kappa shape index (κ3) is 3.32. The van der Waals surface area contributed by atoms with Crippen LogP contribution in [-0.4, -0.2) is 9.91 Å². The van der Waals surface area contributed by atoms with Crippen molar-refractivity contribution in [1.82, 2.24) is 4.98 Å². The van der Waals surface area contributed by atoms with Crippen LogP contribution in [0.25, 0.3) is 11.3 Å². The molecule has 1 aromatic heterocycles. The summed E-state index contributed by atoms with van der Waals surface area (Å²) in [6.45, 7) is 0. The molecule has 1 heterocycles. The maximum absolute atomic E-state index is 10.8. The fourth-order valence-corrected chi connectivity index (χ4v) is 3.07. The lowest BCUT2D eigenvalue weighted by Crippen LogP contribution is -1.92. The van der Waals surface area contributed by atoms with E-state index >= 15 is 0 Å². The zero-order chi connectivity index (χ0) is 15.5. The first-order valence-corrected chi connectivity index (χ1v) is 8.02. The average molecular weight is 376 g/mol. The lowest BCUT2D eigenvalue weighted by Gasteiger charge is -2.02. The Kier molecular flexibility index (Phi) is 4.17. The largest absolute Gasteiger partial charge is 0.331 e. The van der Waals surface area contributed by atoms with Gasteiger partial charge in [0.05, 0.1) is 10.6 Å². The van der Waals surface area contributed by atoms with Gasteiger partial charge in [-0.05, 0) is 18.2 Å². The second-order valence-electron chi connectivity index (χ2n) is 4.48. The Morgan fingerprint density at radius 3 is 2.77 bits per heavy atom. The lowest BCUT2D eigenvalue weighted by molar-refractivity contribution is -0.384. The van der Waals surface area contributed by atoms with Gasteiger partial charge in [-0.2, -0.15) is 0 Å². The summed E-state index contributed by atoms with van der Waals surface area (Å²) in [6, 6.07) is 14.2. The number of nitrogens with zero attached hydrogens (tertiary/aromatic N) is 2. The van der Waals surface area contributed by atoms with Crippen molar-refractivity contribution in [2.24, 2.45) is 0 Å². The van der Waals surface area contributed by atoms with E-state index in [-0.39, 0.29) is 5.69 Å². The Morgan fingerprint density at radius 2 is 2.00 bits per heavy atom. The molecule has 7 heteroatoms. The normalized spacial score (nSPS) is 10.4. The van der Waals surface area contributed by atoms with E-state index in [4.69, 9.17) is 0 Å². The molecule has 0 fully saturated rings. The first-order chi connectivity index (χ1) is 10.6. The Balaban J connectivity index is 1.83. The van der Waals surface area contributed by atoms with Gasteiger partial charge in [-0.15, -0.1) is 11.3 Å². The minimum Gasteiger partial charge on any atom is -0.331 e. The second-order valence-corrected chi connectivity index (χ2v) is 6.25. The highest BCUT2D eigenvalue weighted by atomic mass is 79.9. The molecule has 0 aliphatic rings. The Labute approximate surface area is 138 Å². The summed E-state index contributed by atoms with van der Waals surface area (Å²) in [4.78, 5) is 14.9. The van der Waals surface area contributed by atoms with E-state index < -0.39 is 4.92 Å². The minimum atomic E-state index is -0.417. The zero-order valence-electron chi connectivity index (χ0n) is 11.2. The van der Waals surface area contributed by atoms with E-state index in [1.807, 2.05) is 29.6 Å². The number of anilines is 2. The summed E-state index contributed by atoms with van der Waals surface area (Å²) in [5.74, 6) is 0. The van der Waals surface area contributed by atoms with E-state index in [2.05, 4.69) is 26.2 Å². The number of hydrogen-bond acceptors (Lipinski definition) is 5. The van der Waals surface area contributed by atoms with Crippen molar-refractivity contribution in [3.05, 3.63) is 68.5 Å². The number of rotatable bonds is 4. The van der Waals surface area contributed by atoms with Crippen molar-refractivity contribution in [1.29, 1.82) is 0 Å². The molecular formula is C15H10BrN3O2S. The van der Waals surface area contributed by atoms with Crippen molar-refractivity contribution in [3.8, 4) is 11.3 Å². The van der Waals surface area contributed by atoms with Crippen LogP contribution < -0.4 is 5.32 Å². The maximum atomic E-state index is 10.8. The fourth-order valence-electron chi connectivity index (χ4n) is 1.93. The quantitative estimate of drug-likeness (QED) is 0.500. The molecule has 0 bridgehead atoms. The molecule has 5 nitrogen and oxygen atoms in total. The molecule has 0 aliphatic carbocycles. The third-order valence-corrected chi connectivity index (χ3v) is 4.18. The van der Waals surface area contributed by atoms with Gasteiger partial charge in [0.25, 0.3) is 5.69 Å². The van der Waals surface area contributed by atoms with Crippen molar-refractivity contribution >= 4 is 43.8 Å². The van der Waals surface area contributed by atoms with Gasteiger partial charge in [0, 0.05) is 33.2 Å². The van der Waals surface area contributed by atoms with E-state index in [1.165, 1.54) is 23.5 Å². The first-order valence-electron chi connectivity index (χ1n) is 6.35. The van der Waals surface area contributed by atoms with Gasteiger partial charge in [0.15, 0.2) is 5.13 Å². The third-order valence-electron chi connectivity index (χ3n) is 2.93. The first kappa shape index (κ1) is 14.7. The van der Waals surface area contributed by atoms with E-state index in [1.54, 1.807) is 12.1 Å². The smallest absolute Gasteiger partial charge is 0.271 e. The molecule has 0 spiro atoms. The van der Waals surface area contributed by atoms with Crippen LogP contribution in [0.1, 0.15) is 0 Å². The number of halogens is 1. The summed E-state index contributed by atoms with van der Waals surface area (Å²) in [6.07, 6.45) is 0. The SMILES string of the molecule is O=[N+]([O-])c1cccc(Nc2nc(-c3cccc(Br)c3)cs2)c1. The highest BCUT2D eigenvalue weighted by Gasteiger charge is 2.08. The van der Waals surface area contributed by atoms with Gasteiger partial charge in [-0.1, -0.05) is 34.1 Å². The maximum Gasteiger partial charge on any atom is 0.271 e. The van der Waals surface area contributed by atoms with Crippen molar-refractivity contribution < 1.29 is 4.92 Å². The summed E-state index contributed by atoms with van der Waals surface area (Å²) >= 11 is 4.89. The fraction of sp³-hybridized carbons (Fsp3) is 0. The molecule has 3 rings (SSSR count). The number of non-ortho nitro benzene ring substituents is 1. The van der Waals surface area contributed by atoms with Crippen LogP contribution in [0.2, 0.25) is 0 Å². The summed E-state index contributed by atoms with van der Waals surface area (Å²) in [5.41, 5.74) is 2.56. The molecule has 22 heavy (non-hydrogen) atoms. The van der Waals surface area contributed by atoms with Gasteiger partial charge >= 0.3 is 0 Å². The second kappa shape index (κ2) is 6.25. The van der Waals surface area contributed by atoms with Crippen LogP contribution in [0.4, 0.5) is 16.5 Å². The molecule has 0 amide bonds. The molecule has 0 saturated heterocycles. The van der Waals surface area contributed by atoms with Gasteiger partial charge < -0.3 is 5.32 Å². The molecule has 0 aliphatic heterocycles. The number of hydrogen-bond donors (Lipinski definition) is 1. The van der Waals surface area contributed by atoms with Gasteiger partial charge in [-0.25, -0.2) is 4.98 Å². The number of benzene rings is 2. The Bertz CT molecular complexity index is 835. The van der Waals surface area contributed by atoms with Crippen LogP contribution >= 0.6 is 27.3 Å². The molecular weight excluding hydrogens is 366 g/mol. The predicted octanol–water partition coefficient (Wildman–Crippen LogP) is 5.22. The number of aromatic nitrogens is 1. The number of nitro benzene ring substituents is 1. The van der Waals surface area contributed by atoms with Crippen molar-refractivity contribution in [2.75, 3.05) is 5.32 Å². The highest BCUT2D eigenvalue weighted by molar-refractivity contribution is 9.10. The van der Waals surface area contributed by atoms with Crippen LogP contribution in [0.15, 0.2) is 58.4 Å². The summed E-state index contributed by atoms with van der Waals surface area (Å²) < 4.78 is 0.992. The van der Waals surface area contributed by atoms with Gasteiger partial charge in [-0.3, -0.25) is 10.1 Å². The summed E-state index contributed by atoms with van der Waals surface area (Å²) in [5, 5.41) is 16.5. The molecule has 0 radical (unpaired) electrons. The minimum absolute atomic E-state index is 0.0498. The average Bonchev–Trinajstić information content (AvgIpc) is 2.96. The molecule has 3 aromatic rings. The Morgan fingerprint density at radius 1 is 1.18 bits per heavy atom. The van der Waals surface area contributed by atoms with E-state index in [9.17, 15) is 10.1 Å². The van der Waals surface area contributed by atoms with Crippen molar-refractivity contribution in [3.63, 3.8) is 0 Å². The van der Waals surface area contributed by atoms with Crippen molar-refractivity contribution in [2.45, 2.75) is 0 Å². The molecule has 0 atom stereocenters. The van der Waals surface area contributed by atoms with Crippen LogP contribution in [0.3, 0.4) is 0 Å². The van der Waals surface area contributed by atoms with E-state index in [0.717, 1.165) is 15.7 Å². The van der Waals surface area contributed by atoms with Gasteiger partial charge in [0.2, 0.25) is 0 Å². The number of nitro groups is 1. The Hall–Kier alpha value is -2.25. The van der Waals surface area contributed by atoms with E-state index in [0.29, 0.717) is 10.8 Å². The molecule has 0 unspecified atom stereocenters. The number of thiazole rings is 1. The lowest BCUT2D eigenvalue weighted by atomic mass is 10.2. The number of nitrogens with one attached hydrogen (secondary N) is 1. The topological polar surface area (TPSA) is 68.1 Å². The van der Waals surface area contributed by atoms with Crippen LogP contribution in [0, 0.1) is 10.1 Å².